The lowest BCUT2D eigenvalue weighted by molar-refractivity contribution is -0.117. The molecule has 166 valence electrons. The summed E-state index contributed by atoms with van der Waals surface area (Å²) >= 11 is 1.29. The van der Waals surface area contributed by atoms with Crippen molar-refractivity contribution in [3.05, 3.63) is 112 Å². The molecule has 0 saturated carbocycles. The molecule has 0 aliphatic carbocycles. The third-order valence-corrected chi connectivity index (χ3v) is 7.28. The smallest absolute Gasteiger partial charge is 0.245 e. The van der Waals surface area contributed by atoms with Gasteiger partial charge in [0.15, 0.2) is 0 Å². The summed E-state index contributed by atoms with van der Waals surface area (Å²) in [5.74, 6) is -0.526. The van der Waals surface area contributed by atoms with Crippen molar-refractivity contribution >= 4 is 40.0 Å². The first-order valence-electron chi connectivity index (χ1n) is 10.9. The maximum atomic E-state index is 13.6. The van der Waals surface area contributed by atoms with Gasteiger partial charge < -0.3 is 4.98 Å². The average molecular weight is 464 g/mol. The average Bonchev–Trinajstić information content (AvgIpc) is 3.43. The zero-order chi connectivity index (χ0) is 23.7. The molecule has 1 aliphatic heterocycles. The summed E-state index contributed by atoms with van der Waals surface area (Å²) in [6.07, 6.45) is 2.15. The number of anilines is 1. The van der Waals surface area contributed by atoms with Gasteiger partial charge in [0.1, 0.15) is 16.7 Å². The van der Waals surface area contributed by atoms with E-state index in [1.54, 1.807) is 6.20 Å². The Bertz CT molecular complexity index is 1480. The number of aromatic amines is 1. The Morgan fingerprint density at radius 1 is 1.03 bits per heavy atom. The van der Waals surface area contributed by atoms with Crippen molar-refractivity contribution < 1.29 is 9.59 Å². The maximum absolute atomic E-state index is 13.6. The first-order chi connectivity index (χ1) is 16.6. The van der Waals surface area contributed by atoms with Gasteiger partial charge in [-0.2, -0.15) is 5.26 Å². The van der Waals surface area contributed by atoms with Crippen LogP contribution in [0.25, 0.3) is 10.9 Å². The van der Waals surface area contributed by atoms with Crippen LogP contribution < -0.4 is 4.90 Å². The van der Waals surface area contributed by atoms with E-state index in [4.69, 9.17) is 0 Å². The Morgan fingerprint density at radius 2 is 1.74 bits per heavy atom. The summed E-state index contributed by atoms with van der Waals surface area (Å²) in [6, 6.07) is 26.7. The van der Waals surface area contributed by atoms with Gasteiger partial charge in [-0.25, -0.2) is 0 Å². The lowest BCUT2D eigenvalue weighted by Gasteiger charge is -2.18. The number of hydrogen-bond acceptors (Lipinski definition) is 4. The second-order valence-electron chi connectivity index (χ2n) is 8.12. The number of fused-ring (bicyclic) bond motifs is 1. The number of para-hydroxylation sites is 2. The number of nitriles is 1. The van der Waals surface area contributed by atoms with E-state index in [2.05, 4.69) is 11.1 Å². The summed E-state index contributed by atoms with van der Waals surface area (Å²) in [4.78, 5) is 31.8. The Hall–Kier alpha value is -4.08. The molecule has 2 heterocycles. The van der Waals surface area contributed by atoms with E-state index in [1.807, 2.05) is 85.8 Å². The van der Waals surface area contributed by atoms with Gasteiger partial charge in [-0.15, -0.1) is 0 Å². The molecule has 1 fully saturated rings. The number of nitrogens with one attached hydrogen (secondary N) is 1. The Labute approximate surface area is 201 Å². The lowest BCUT2D eigenvalue weighted by atomic mass is 10.0. The summed E-state index contributed by atoms with van der Waals surface area (Å²) in [5.41, 5.74) is 4.03. The Morgan fingerprint density at radius 3 is 2.50 bits per heavy atom. The highest BCUT2D eigenvalue weighted by Crippen LogP contribution is 2.42. The van der Waals surface area contributed by atoms with Crippen LogP contribution >= 0.6 is 11.8 Å². The monoisotopic (exact) mass is 463 g/mol. The molecule has 0 radical (unpaired) electrons. The molecule has 1 N–H and O–H groups in total. The van der Waals surface area contributed by atoms with Crippen molar-refractivity contribution in [2.75, 3.05) is 4.90 Å². The zero-order valence-electron chi connectivity index (χ0n) is 18.5. The number of allylic oxidation sites excluding steroid dienone is 1. The molecule has 34 heavy (non-hydrogen) atoms. The van der Waals surface area contributed by atoms with Crippen LogP contribution in [-0.2, 0) is 11.2 Å². The van der Waals surface area contributed by atoms with E-state index < -0.39 is 11.0 Å². The fraction of sp³-hybridized carbons (Fsp3) is 0.107. The van der Waals surface area contributed by atoms with E-state index in [0.29, 0.717) is 22.7 Å². The van der Waals surface area contributed by atoms with Crippen molar-refractivity contribution in [1.82, 2.24) is 4.98 Å². The van der Waals surface area contributed by atoms with Crippen molar-refractivity contribution in [3.8, 4) is 6.07 Å². The molecule has 1 amide bonds. The van der Waals surface area contributed by atoms with Gasteiger partial charge in [-0.05, 0) is 42.7 Å². The van der Waals surface area contributed by atoms with E-state index in [0.717, 1.165) is 22.0 Å². The van der Waals surface area contributed by atoms with E-state index in [9.17, 15) is 14.9 Å². The second-order valence-corrected chi connectivity index (χ2v) is 9.31. The number of rotatable bonds is 5. The quantitative estimate of drug-likeness (QED) is 0.231. The number of carbonyl (C=O) groups is 2. The van der Waals surface area contributed by atoms with Crippen molar-refractivity contribution in [1.29, 1.82) is 5.26 Å². The molecule has 0 bridgehead atoms. The Balaban J connectivity index is 1.61. The summed E-state index contributed by atoms with van der Waals surface area (Å²) in [6.45, 7) is 2.02. The number of hydrogen-bond donors (Lipinski definition) is 1. The zero-order valence-corrected chi connectivity index (χ0v) is 19.3. The molecule has 5 nitrogen and oxygen atoms in total. The van der Waals surface area contributed by atoms with Crippen LogP contribution in [0.15, 0.2) is 95.7 Å². The van der Waals surface area contributed by atoms with E-state index in [1.165, 1.54) is 16.7 Å². The minimum atomic E-state index is -0.435. The number of Topliss-reactive ketones (excluding diaryl/α,β-unsaturated/α-hetero) is 1. The molecule has 1 unspecified atom stereocenters. The molecule has 5 rings (SSSR count). The van der Waals surface area contributed by atoms with Crippen molar-refractivity contribution in [3.63, 3.8) is 0 Å². The number of thioether (sulfide) groups is 1. The number of ketones is 1. The largest absolute Gasteiger partial charge is 0.360 e. The topological polar surface area (TPSA) is 77.0 Å². The fourth-order valence-electron chi connectivity index (χ4n) is 4.23. The number of aryl methyl sites for hydroxylation is 1. The SMILES string of the molecule is Cc1ccccc1CC1S/C(=C(/C#N)C(=O)c2c[nH]c3ccccc23)N(c2ccccc2)C1=O. The van der Waals surface area contributed by atoms with Gasteiger partial charge in [0.25, 0.3) is 0 Å². The molecular weight excluding hydrogens is 442 g/mol. The van der Waals surface area contributed by atoms with Gasteiger partial charge in [0.2, 0.25) is 11.7 Å². The standard InChI is InChI=1S/C28H21N3O2S/c1-18-9-5-6-10-19(18)15-25-27(33)31(20-11-3-2-4-12-20)28(34-25)22(16-29)26(32)23-17-30-24-14-8-7-13-21(23)24/h2-14,17,25,30H,15H2,1H3/b28-22-. The van der Waals surface area contributed by atoms with Crippen LogP contribution in [0.2, 0.25) is 0 Å². The van der Waals surface area contributed by atoms with Crippen LogP contribution in [-0.4, -0.2) is 21.9 Å². The molecule has 1 saturated heterocycles. The maximum Gasteiger partial charge on any atom is 0.245 e. The third-order valence-electron chi connectivity index (χ3n) is 6.02. The van der Waals surface area contributed by atoms with Gasteiger partial charge in [-0.3, -0.25) is 14.5 Å². The lowest BCUT2D eigenvalue weighted by Crippen LogP contribution is -2.30. The molecular formula is C28H21N3O2S. The molecule has 0 spiro atoms. The predicted molar refractivity (Wildman–Crippen MR) is 135 cm³/mol. The minimum absolute atomic E-state index is 0.0285. The van der Waals surface area contributed by atoms with Gasteiger partial charge in [0.05, 0.1) is 5.25 Å². The van der Waals surface area contributed by atoms with Gasteiger partial charge in [-0.1, -0.05) is 72.4 Å². The van der Waals surface area contributed by atoms with Gasteiger partial charge >= 0.3 is 0 Å². The van der Waals surface area contributed by atoms with Crippen molar-refractivity contribution in [2.24, 2.45) is 0 Å². The first kappa shape index (κ1) is 21.7. The number of benzene rings is 3. The van der Waals surface area contributed by atoms with Crippen molar-refractivity contribution in [2.45, 2.75) is 18.6 Å². The number of carbonyl (C=O) groups excluding carboxylic acids is 2. The van der Waals surface area contributed by atoms with Crippen LogP contribution in [0.4, 0.5) is 5.69 Å². The normalized spacial score (nSPS) is 17.1. The molecule has 6 heteroatoms. The van der Waals surface area contributed by atoms with Gasteiger partial charge in [0, 0.05) is 28.4 Å². The highest BCUT2D eigenvalue weighted by molar-refractivity contribution is 8.05. The number of nitrogens with zero attached hydrogens (tertiary/aromatic N) is 2. The third kappa shape index (κ3) is 3.81. The Kier molecular flexibility index (Phi) is 5.79. The van der Waals surface area contributed by atoms with Crippen LogP contribution in [0, 0.1) is 18.3 Å². The molecule has 1 aliphatic rings. The number of amides is 1. The van der Waals surface area contributed by atoms with Crippen LogP contribution in [0.3, 0.4) is 0 Å². The second kappa shape index (κ2) is 9.05. The number of aromatic nitrogens is 1. The van der Waals surface area contributed by atoms with E-state index in [-0.39, 0.29) is 11.5 Å². The molecule has 1 atom stereocenters. The molecule has 3 aromatic carbocycles. The minimum Gasteiger partial charge on any atom is -0.360 e. The van der Waals surface area contributed by atoms with Crippen LogP contribution in [0.5, 0.6) is 0 Å². The summed E-state index contributed by atoms with van der Waals surface area (Å²) < 4.78 is 0. The summed E-state index contributed by atoms with van der Waals surface area (Å²) in [7, 11) is 0. The summed E-state index contributed by atoms with van der Waals surface area (Å²) in [5, 5.41) is 10.8. The van der Waals surface area contributed by atoms with E-state index >= 15 is 0 Å². The fourth-order valence-corrected chi connectivity index (χ4v) is 5.53. The highest BCUT2D eigenvalue weighted by Gasteiger charge is 2.41. The predicted octanol–water partition coefficient (Wildman–Crippen LogP) is 5.79. The molecule has 1 aromatic heterocycles. The molecule has 4 aromatic rings. The number of H-pyrrole nitrogens is 1. The first-order valence-corrected chi connectivity index (χ1v) is 11.8. The van der Waals surface area contributed by atoms with Crippen LogP contribution in [0.1, 0.15) is 21.5 Å². The highest BCUT2D eigenvalue weighted by atomic mass is 32.2.